The molecule has 0 aliphatic rings. The van der Waals surface area contributed by atoms with E-state index < -0.39 is 5.97 Å². The Balaban J connectivity index is 2.48. The zero-order chi connectivity index (χ0) is 18.0. The maximum atomic E-state index is 12.2. The van der Waals surface area contributed by atoms with E-state index in [1.807, 2.05) is 55.1 Å². The van der Waals surface area contributed by atoms with E-state index in [4.69, 9.17) is 11.6 Å². The third-order valence-electron chi connectivity index (χ3n) is 4.27. The Morgan fingerprint density at radius 2 is 1.80 bits per heavy atom. The van der Waals surface area contributed by atoms with Crippen molar-refractivity contribution in [2.75, 3.05) is 18.0 Å². The fourth-order valence-corrected chi connectivity index (χ4v) is 3.25. The number of anilines is 1. The van der Waals surface area contributed by atoms with Crippen molar-refractivity contribution in [1.29, 1.82) is 0 Å². The van der Waals surface area contributed by atoms with E-state index in [2.05, 4.69) is 4.98 Å². The molecule has 0 radical (unpaired) electrons. The smallest absolute Gasteiger partial charge is 0.340 e. The zero-order valence-corrected chi connectivity index (χ0v) is 14.9. The largest absolute Gasteiger partial charge is 0.478 e. The van der Waals surface area contributed by atoms with Crippen LogP contribution in [0.5, 0.6) is 0 Å². The minimum atomic E-state index is -0.991. The third-order valence-corrected chi connectivity index (χ3v) is 4.50. The molecule has 0 unspecified atom stereocenters. The highest BCUT2D eigenvalue weighted by atomic mass is 35.5. The van der Waals surface area contributed by atoms with Crippen molar-refractivity contribution < 1.29 is 9.90 Å². The number of carbonyl (C=O) groups is 1. The summed E-state index contributed by atoms with van der Waals surface area (Å²) in [6.45, 7) is 5.34. The van der Waals surface area contributed by atoms with E-state index >= 15 is 0 Å². The second-order valence-corrected chi connectivity index (χ2v) is 6.13. The van der Waals surface area contributed by atoms with E-state index in [0.717, 1.165) is 16.5 Å². The summed E-state index contributed by atoms with van der Waals surface area (Å²) >= 11 is 6.18. The van der Waals surface area contributed by atoms with Gasteiger partial charge in [0.25, 0.3) is 0 Å². The highest BCUT2D eigenvalue weighted by molar-refractivity contribution is 6.31. The Labute approximate surface area is 151 Å². The number of pyridine rings is 1. The van der Waals surface area contributed by atoms with Gasteiger partial charge in [0.2, 0.25) is 0 Å². The molecule has 0 aliphatic heterocycles. The van der Waals surface area contributed by atoms with E-state index in [1.54, 1.807) is 12.1 Å². The number of nitrogens with zero attached hydrogens (tertiary/aromatic N) is 2. The molecule has 0 bridgehead atoms. The summed E-state index contributed by atoms with van der Waals surface area (Å²) in [6, 6.07) is 14.9. The quantitative estimate of drug-likeness (QED) is 0.692. The maximum absolute atomic E-state index is 12.2. The summed E-state index contributed by atoms with van der Waals surface area (Å²) in [5.74, 6) is -0.499. The normalized spacial score (nSPS) is 10.8. The molecule has 0 aliphatic carbocycles. The Morgan fingerprint density at radius 3 is 2.40 bits per heavy atom. The van der Waals surface area contributed by atoms with Crippen molar-refractivity contribution in [3.63, 3.8) is 0 Å². The summed E-state index contributed by atoms with van der Waals surface area (Å²) in [5.41, 5.74) is 2.44. The van der Waals surface area contributed by atoms with Crippen LogP contribution in [0.25, 0.3) is 22.0 Å². The predicted octanol–water partition coefficient (Wildman–Crippen LogP) is 5.10. The van der Waals surface area contributed by atoms with Gasteiger partial charge in [-0.15, -0.1) is 0 Å². The van der Waals surface area contributed by atoms with Crippen LogP contribution in [-0.2, 0) is 0 Å². The van der Waals surface area contributed by atoms with E-state index in [1.165, 1.54) is 0 Å². The first-order chi connectivity index (χ1) is 12.1. The van der Waals surface area contributed by atoms with Crippen LogP contribution in [0.1, 0.15) is 24.2 Å². The van der Waals surface area contributed by atoms with Gasteiger partial charge in [0.1, 0.15) is 11.4 Å². The summed E-state index contributed by atoms with van der Waals surface area (Å²) in [5, 5.41) is 11.3. The zero-order valence-electron chi connectivity index (χ0n) is 14.2. The van der Waals surface area contributed by atoms with Crippen molar-refractivity contribution >= 4 is 34.3 Å². The first-order valence-corrected chi connectivity index (χ1v) is 8.61. The highest BCUT2D eigenvalue weighted by Gasteiger charge is 2.24. The highest BCUT2D eigenvalue weighted by Crippen LogP contribution is 2.37. The van der Waals surface area contributed by atoms with Crippen LogP contribution < -0.4 is 4.90 Å². The standard InChI is InChI=1S/C20H19ClN2O2/c1-3-23(4-2)19-18(20(24)25)17(13-8-6-5-7-9-13)15-12-14(21)10-11-16(15)22-19/h5-12H,3-4H2,1-2H3,(H,24,25). The Kier molecular flexibility index (Phi) is 4.91. The molecular formula is C20H19ClN2O2. The van der Waals surface area contributed by atoms with Gasteiger partial charge in [0.15, 0.2) is 0 Å². The van der Waals surface area contributed by atoms with Crippen LogP contribution >= 0.6 is 11.6 Å². The molecule has 3 aromatic rings. The third kappa shape index (κ3) is 3.17. The lowest BCUT2D eigenvalue weighted by molar-refractivity contribution is 0.0698. The molecule has 128 valence electrons. The number of halogens is 1. The SMILES string of the molecule is CCN(CC)c1nc2ccc(Cl)cc2c(-c2ccccc2)c1C(=O)O. The number of hydrogen-bond acceptors (Lipinski definition) is 3. The molecule has 5 heteroatoms. The molecule has 0 saturated heterocycles. The molecule has 4 nitrogen and oxygen atoms in total. The molecular weight excluding hydrogens is 336 g/mol. The lowest BCUT2D eigenvalue weighted by atomic mass is 9.95. The number of aromatic nitrogens is 1. The number of carboxylic acid groups (broad SMARTS) is 1. The fourth-order valence-electron chi connectivity index (χ4n) is 3.08. The first-order valence-electron chi connectivity index (χ1n) is 8.23. The number of hydrogen-bond donors (Lipinski definition) is 1. The van der Waals surface area contributed by atoms with Crippen LogP contribution in [0.2, 0.25) is 5.02 Å². The van der Waals surface area contributed by atoms with Crippen molar-refractivity contribution in [2.45, 2.75) is 13.8 Å². The molecule has 2 aromatic carbocycles. The van der Waals surface area contributed by atoms with Gasteiger partial charge in [0.05, 0.1) is 5.52 Å². The van der Waals surface area contributed by atoms with Crippen LogP contribution in [0.4, 0.5) is 5.82 Å². The van der Waals surface area contributed by atoms with Crippen molar-refractivity contribution in [3.05, 3.63) is 59.1 Å². The molecule has 0 fully saturated rings. The molecule has 0 amide bonds. The number of rotatable bonds is 5. The lowest BCUT2D eigenvalue weighted by Crippen LogP contribution is -2.26. The summed E-state index contributed by atoms with van der Waals surface area (Å²) in [4.78, 5) is 18.8. The summed E-state index contributed by atoms with van der Waals surface area (Å²) in [6.07, 6.45) is 0. The Hall–Kier alpha value is -2.59. The molecule has 0 saturated carbocycles. The fraction of sp³-hybridized carbons (Fsp3) is 0.200. The second-order valence-electron chi connectivity index (χ2n) is 5.69. The predicted molar refractivity (Wildman–Crippen MR) is 103 cm³/mol. The van der Waals surface area contributed by atoms with E-state index in [-0.39, 0.29) is 5.56 Å². The van der Waals surface area contributed by atoms with Gasteiger partial charge < -0.3 is 10.0 Å². The number of aromatic carboxylic acids is 1. The number of benzene rings is 2. The van der Waals surface area contributed by atoms with Gasteiger partial charge in [-0.3, -0.25) is 0 Å². The van der Waals surface area contributed by atoms with Crippen molar-refractivity contribution in [3.8, 4) is 11.1 Å². The van der Waals surface area contributed by atoms with Gasteiger partial charge in [-0.1, -0.05) is 41.9 Å². The number of fused-ring (bicyclic) bond motifs is 1. The summed E-state index contributed by atoms with van der Waals surface area (Å²) < 4.78 is 0. The molecule has 25 heavy (non-hydrogen) atoms. The van der Waals surface area contributed by atoms with Crippen LogP contribution in [0, 0.1) is 0 Å². The molecule has 0 spiro atoms. The lowest BCUT2D eigenvalue weighted by Gasteiger charge is -2.24. The van der Waals surface area contributed by atoms with Gasteiger partial charge >= 0.3 is 5.97 Å². The molecule has 1 N–H and O–H groups in total. The van der Waals surface area contributed by atoms with Gasteiger partial charge in [0, 0.05) is 29.1 Å². The van der Waals surface area contributed by atoms with Gasteiger partial charge in [-0.05, 0) is 37.6 Å². The molecule has 0 atom stereocenters. The van der Waals surface area contributed by atoms with Crippen molar-refractivity contribution in [1.82, 2.24) is 4.98 Å². The topological polar surface area (TPSA) is 53.4 Å². The van der Waals surface area contributed by atoms with Gasteiger partial charge in [-0.25, -0.2) is 9.78 Å². The van der Waals surface area contributed by atoms with Gasteiger partial charge in [-0.2, -0.15) is 0 Å². The maximum Gasteiger partial charge on any atom is 0.340 e. The Morgan fingerprint density at radius 1 is 1.12 bits per heavy atom. The van der Waals surface area contributed by atoms with Crippen LogP contribution in [0.3, 0.4) is 0 Å². The minimum absolute atomic E-state index is 0.213. The molecule has 1 heterocycles. The first kappa shape index (κ1) is 17.2. The molecule has 3 rings (SSSR count). The average molecular weight is 355 g/mol. The van der Waals surface area contributed by atoms with Crippen LogP contribution in [0.15, 0.2) is 48.5 Å². The Bertz CT molecular complexity index is 922. The number of carboxylic acids is 1. The second kappa shape index (κ2) is 7.11. The molecule has 1 aromatic heterocycles. The summed E-state index contributed by atoms with van der Waals surface area (Å²) in [7, 11) is 0. The van der Waals surface area contributed by atoms with E-state index in [0.29, 0.717) is 29.5 Å². The minimum Gasteiger partial charge on any atom is -0.478 e. The average Bonchev–Trinajstić information content (AvgIpc) is 2.62. The van der Waals surface area contributed by atoms with Crippen molar-refractivity contribution in [2.24, 2.45) is 0 Å². The monoisotopic (exact) mass is 354 g/mol. The van der Waals surface area contributed by atoms with Crippen LogP contribution in [-0.4, -0.2) is 29.1 Å². The van der Waals surface area contributed by atoms with E-state index in [9.17, 15) is 9.90 Å².